The molecule has 0 aromatic heterocycles. The second-order valence-corrected chi connectivity index (χ2v) is 2.83. The maximum Gasteiger partial charge on any atom is 0.269 e. The van der Waals surface area contributed by atoms with E-state index in [1.54, 1.807) is 12.1 Å². The van der Waals surface area contributed by atoms with Crippen molar-refractivity contribution in [3.05, 3.63) is 46.9 Å². The summed E-state index contributed by atoms with van der Waals surface area (Å²) in [6, 6.07) is 6.34. The lowest BCUT2D eigenvalue weighted by Crippen LogP contribution is -1.94. The summed E-state index contributed by atoms with van der Waals surface area (Å²) in [6.07, 6.45) is 0.729. The van der Waals surface area contributed by atoms with Crippen LogP contribution in [-0.4, -0.2) is 11.5 Å². The van der Waals surface area contributed by atoms with Crippen LogP contribution in [0.2, 0.25) is 0 Å². The van der Waals surface area contributed by atoms with Gasteiger partial charge in [0.2, 0.25) is 0 Å². The van der Waals surface area contributed by atoms with Gasteiger partial charge in [-0.25, -0.2) is 0 Å². The van der Waals surface area contributed by atoms with E-state index in [1.165, 1.54) is 12.1 Å². The van der Waals surface area contributed by atoms with Crippen molar-refractivity contribution in [3.8, 4) is 0 Å². The predicted octanol–water partition coefficient (Wildman–Crippen LogP) is 2.34. The molecule has 0 unspecified atom stereocenters. The smallest absolute Gasteiger partial charge is 0.269 e. The molecule has 0 bridgehead atoms. The van der Waals surface area contributed by atoms with E-state index < -0.39 is 4.92 Å². The molecular formula is C10H12NO3. The first-order valence-corrected chi connectivity index (χ1v) is 4.34. The molecule has 75 valence electrons. The third kappa shape index (κ3) is 3.14. The summed E-state index contributed by atoms with van der Waals surface area (Å²) in [5.74, 6) is 0. The van der Waals surface area contributed by atoms with Gasteiger partial charge >= 0.3 is 0 Å². The molecule has 0 spiro atoms. The molecule has 1 aromatic carbocycles. The number of nitro benzene ring substituents is 1. The fraction of sp³-hybridized carbons (Fsp3) is 0.300. The van der Waals surface area contributed by atoms with Gasteiger partial charge in [-0.05, 0) is 24.1 Å². The number of ether oxygens (including phenoxy) is 1. The minimum absolute atomic E-state index is 0.103. The van der Waals surface area contributed by atoms with Crippen molar-refractivity contribution in [1.82, 2.24) is 0 Å². The molecule has 0 aliphatic heterocycles. The van der Waals surface area contributed by atoms with Crippen LogP contribution in [0, 0.1) is 17.0 Å². The number of non-ortho nitro benzene ring substituents is 1. The van der Waals surface area contributed by atoms with Crippen molar-refractivity contribution < 1.29 is 9.66 Å². The van der Waals surface area contributed by atoms with Crippen molar-refractivity contribution in [2.24, 2.45) is 0 Å². The SMILES string of the molecule is [CH2]CCOCc1ccc([N+](=O)[O-])cc1. The monoisotopic (exact) mass is 194 g/mol. The fourth-order valence-electron chi connectivity index (χ4n) is 1.01. The summed E-state index contributed by atoms with van der Waals surface area (Å²) < 4.78 is 5.24. The maximum atomic E-state index is 10.3. The predicted molar refractivity (Wildman–Crippen MR) is 52.7 cm³/mol. The van der Waals surface area contributed by atoms with Gasteiger partial charge < -0.3 is 4.74 Å². The Morgan fingerprint density at radius 2 is 2.00 bits per heavy atom. The molecule has 4 heteroatoms. The van der Waals surface area contributed by atoms with E-state index >= 15 is 0 Å². The highest BCUT2D eigenvalue weighted by Gasteiger charge is 2.03. The van der Waals surface area contributed by atoms with Crippen molar-refractivity contribution >= 4 is 5.69 Å². The Morgan fingerprint density at radius 1 is 1.36 bits per heavy atom. The van der Waals surface area contributed by atoms with Crippen molar-refractivity contribution in [1.29, 1.82) is 0 Å². The normalized spacial score (nSPS) is 10.1. The lowest BCUT2D eigenvalue weighted by molar-refractivity contribution is -0.384. The van der Waals surface area contributed by atoms with Crippen LogP contribution in [0.1, 0.15) is 12.0 Å². The zero-order chi connectivity index (χ0) is 10.4. The third-order valence-corrected chi connectivity index (χ3v) is 1.70. The van der Waals surface area contributed by atoms with Crippen LogP contribution in [0.15, 0.2) is 24.3 Å². The lowest BCUT2D eigenvalue weighted by Gasteiger charge is -2.01. The maximum absolute atomic E-state index is 10.3. The molecule has 1 rings (SSSR count). The second-order valence-electron chi connectivity index (χ2n) is 2.83. The van der Waals surface area contributed by atoms with E-state index in [4.69, 9.17) is 4.74 Å². The Bertz CT molecular complexity index is 295. The van der Waals surface area contributed by atoms with E-state index in [1.807, 2.05) is 0 Å². The fourth-order valence-corrected chi connectivity index (χ4v) is 1.01. The number of nitrogens with zero attached hydrogens (tertiary/aromatic N) is 1. The first-order valence-electron chi connectivity index (χ1n) is 4.34. The number of nitro groups is 1. The quantitative estimate of drug-likeness (QED) is 0.410. The standard InChI is InChI=1S/C10H12NO3/c1-2-7-14-8-9-3-5-10(6-4-9)11(12)13/h3-6H,1-2,7-8H2. The summed E-state index contributed by atoms with van der Waals surface area (Å²) >= 11 is 0. The Balaban J connectivity index is 2.51. The molecule has 0 aliphatic rings. The van der Waals surface area contributed by atoms with E-state index in [0.717, 1.165) is 12.0 Å². The van der Waals surface area contributed by atoms with Gasteiger partial charge in [0.15, 0.2) is 0 Å². The average molecular weight is 194 g/mol. The summed E-state index contributed by atoms with van der Waals surface area (Å²) in [5.41, 5.74) is 1.04. The molecule has 0 saturated carbocycles. The topological polar surface area (TPSA) is 52.4 Å². The van der Waals surface area contributed by atoms with Gasteiger partial charge in [-0.2, -0.15) is 0 Å². The molecule has 14 heavy (non-hydrogen) atoms. The van der Waals surface area contributed by atoms with Crippen molar-refractivity contribution in [2.75, 3.05) is 6.61 Å². The molecule has 0 heterocycles. The van der Waals surface area contributed by atoms with Crippen LogP contribution >= 0.6 is 0 Å². The highest BCUT2D eigenvalue weighted by atomic mass is 16.6. The Hall–Kier alpha value is -1.42. The Labute approximate surface area is 82.7 Å². The van der Waals surface area contributed by atoms with E-state index in [9.17, 15) is 10.1 Å². The third-order valence-electron chi connectivity index (χ3n) is 1.70. The highest BCUT2D eigenvalue weighted by Crippen LogP contribution is 2.12. The summed E-state index contributed by atoms with van der Waals surface area (Å²) in [7, 11) is 0. The minimum Gasteiger partial charge on any atom is -0.377 e. The summed E-state index contributed by atoms with van der Waals surface area (Å²) in [5, 5.41) is 10.3. The zero-order valence-electron chi connectivity index (χ0n) is 7.81. The van der Waals surface area contributed by atoms with Crippen LogP contribution in [0.5, 0.6) is 0 Å². The molecule has 0 fully saturated rings. The average Bonchev–Trinajstić information content (AvgIpc) is 2.19. The number of hydrogen-bond acceptors (Lipinski definition) is 3. The molecule has 0 aliphatic carbocycles. The van der Waals surface area contributed by atoms with Gasteiger partial charge in [-0.3, -0.25) is 10.1 Å². The molecule has 0 N–H and O–H groups in total. The Morgan fingerprint density at radius 3 is 2.50 bits per heavy atom. The van der Waals surface area contributed by atoms with Crippen molar-refractivity contribution in [2.45, 2.75) is 13.0 Å². The number of benzene rings is 1. The van der Waals surface area contributed by atoms with Gasteiger partial charge in [-0.1, -0.05) is 6.92 Å². The van der Waals surface area contributed by atoms with Gasteiger partial charge in [-0.15, -0.1) is 0 Å². The summed E-state index contributed by atoms with van der Waals surface area (Å²) in [6.45, 7) is 4.73. The second kappa shape index (κ2) is 5.34. The van der Waals surface area contributed by atoms with E-state index in [2.05, 4.69) is 6.92 Å². The van der Waals surface area contributed by atoms with Crippen LogP contribution in [0.25, 0.3) is 0 Å². The van der Waals surface area contributed by atoms with E-state index in [0.29, 0.717) is 13.2 Å². The number of rotatable bonds is 5. The zero-order valence-corrected chi connectivity index (χ0v) is 7.81. The molecule has 0 saturated heterocycles. The summed E-state index contributed by atoms with van der Waals surface area (Å²) in [4.78, 5) is 9.92. The van der Waals surface area contributed by atoms with Crippen LogP contribution < -0.4 is 0 Å². The van der Waals surface area contributed by atoms with Crippen LogP contribution in [0.3, 0.4) is 0 Å². The van der Waals surface area contributed by atoms with Crippen LogP contribution in [0.4, 0.5) is 5.69 Å². The van der Waals surface area contributed by atoms with Gasteiger partial charge in [0, 0.05) is 18.7 Å². The molecular weight excluding hydrogens is 182 g/mol. The van der Waals surface area contributed by atoms with Crippen molar-refractivity contribution in [3.63, 3.8) is 0 Å². The van der Waals surface area contributed by atoms with E-state index in [-0.39, 0.29) is 5.69 Å². The molecule has 0 atom stereocenters. The van der Waals surface area contributed by atoms with Gasteiger partial charge in [0.25, 0.3) is 5.69 Å². The lowest BCUT2D eigenvalue weighted by atomic mass is 10.2. The Kier molecular flexibility index (Phi) is 4.07. The minimum atomic E-state index is -0.416. The van der Waals surface area contributed by atoms with Gasteiger partial charge in [0.05, 0.1) is 11.5 Å². The largest absolute Gasteiger partial charge is 0.377 e. The molecule has 1 aromatic rings. The molecule has 4 nitrogen and oxygen atoms in total. The number of hydrogen-bond donors (Lipinski definition) is 0. The first kappa shape index (κ1) is 10.7. The first-order chi connectivity index (χ1) is 6.74. The molecule has 0 amide bonds. The van der Waals surface area contributed by atoms with Gasteiger partial charge in [0.1, 0.15) is 0 Å². The molecule has 1 radical (unpaired) electrons. The van der Waals surface area contributed by atoms with Crippen LogP contribution in [-0.2, 0) is 11.3 Å². The highest BCUT2D eigenvalue weighted by molar-refractivity contribution is 5.32.